The summed E-state index contributed by atoms with van der Waals surface area (Å²) in [5.74, 6) is 3.66. The molecule has 0 radical (unpaired) electrons. The summed E-state index contributed by atoms with van der Waals surface area (Å²) in [6.07, 6.45) is 6.72. The molecule has 6 nitrogen and oxygen atoms in total. The molecule has 0 unspecified atom stereocenters. The third-order valence-electron chi connectivity index (χ3n) is 3.87. The number of ether oxygens (including phenoxy) is 3. The minimum atomic E-state index is -0.464. The van der Waals surface area contributed by atoms with E-state index in [0.717, 1.165) is 11.3 Å². The summed E-state index contributed by atoms with van der Waals surface area (Å²) < 4.78 is 16.1. The number of nitrogens with one attached hydrogen (secondary N) is 1. The number of carbonyl (C=O) groups excluding carboxylic acids is 1. The lowest BCUT2D eigenvalue weighted by molar-refractivity contribution is -0.117. The van der Waals surface area contributed by atoms with Gasteiger partial charge in [0, 0.05) is 6.54 Å². The van der Waals surface area contributed by atoms with Crippen molar-refractivity contribution in [2.75, 3.05) is 20.3 Å². The number of carbonyl (C=O) groups is 1. The van der Waals surface area contributed by atoms with Crippen LogP contribution in [0.3, 0.4) is 0 Å². The Morgan fingerprint density at radius 3 is 2.55 bits per heavy atom. The molecule has 0 aliphatic carbocycles. The molecule has 6 heteroatoms. The van der Waals surface area contributed by atoms with Gasteiger partial charge in [0.2, 0.25) is 0 Å². The van der Waals surface area contributed by atoms with E-state index in [9.17, 15) is 10.1 Å². The summed E-state index contributed by atoms with van der Waals surface area (Å²) in [4.78, 5) is 12.4. The number of nitrogens with zero attached hydrogens (tertiary/aromatic N) is 1. The van der Waals surface area contributed by atoms with Gasteiger partial charge in [0.05, 0.1) is 13.7 Å². The van der Waals surface area contributed by atoms with Gasteiger partial charge in [0.15, 0.2) is 11.5 Å². The van der Waals surface area contributed by atoms with Crippen LogP contribution in [0.15, 0.2) is 48.0 Å². The van der Waals surface area contributed by atoms with Crippen molar-refractivity contribution < 1.29 is 19.0 Å². The molecule has 148 valence electrons. The highest BCUT2D eigenvalue weighted by molar-refractivity contribution is 6.01. The third-order valence-corrected chi connectivity index (χ3v) is 3.87. The van der Waals surface area contributed by atoms with E-state index in [2.05, 4.69) is 11.2 Å². The lowest BCUT2D eigenvalue weighted by Crippen LogP contribution is -2.23. The number of terminal acetylenes is 1. The smallest absolute Gasteiger partial charge is 0.262 e. The van der Waals surface area contributed by atoms with Crippen molar-refractivity contribution in [1.29, 1.82) is 5.26 Å². The summed E-state index contributed by atoms with van der Waals surface area (Å²) in [6.45, 7) is 2.70. The van der Waals surface area contributed by atoms with Crippen molar-refractivity contribution in [3.63, 3.8) is 0 Å². The van der Waals surface area contributed by atoms with Gasteiger partial charge < -0.3 is 19.5 Å². The lowest BCUT2D eigenvalue weighted by atomic mass is 10.1. The number of benzene rings is 2. The van der Waals surface area contributed by atoms with Gasteiger partial charge in [-0.25, -0.2) is 0 Å². The van der Waals surface area contributed by atoms with Crippen LogP contribution in [0.4, 0.5) is 0 Å². The summed E-state index contributed by atoms with van der Waals surface area (Å²) in [7, 11) is 1.59. The van der Waals surface area contributed by atoms with Gasteiger partial charge >= 0.3 is 0 Å². The van der Waals surface area contributed by atoms with Crippen LogP contribution >= 0.6 is 0 Å². The predicted molar refractivity (Wildman–Crippen MR) is 110 cm³/mol. The zero-order valence-electron chi connectivity index (χ0n) is 16.4. The Morgan fingerprint density at radius 1 is 1.17 bits per heavy atom. The van der Waals surface area contributed by atoms with E-state index in [0.29, 0.717) is 30.2 Å². The molecular weight excluding hydrogens is 368 g/mol. The van der Waals surface area contributed by atoms with Crippen LogP contribution in [0, 0.1) is 23.7 Å². The lowest BCUT2D eigenvalue weighted by Gasteiger charge is -2.11. The Hall–Kier alpha value is -3.90. The highest BCUT2D eigenvalue weighted by Crippen LogP contribution is 2.29. The Morgan fingerprint density at radius 2 is 1.93 bits per heavy atom. The van der Waals surface area contributed by atoms with Crippen LogP contribution in [0.1, 0.15) is 18.1 Å². The summed E-state index contributed by atoms with van der Waals surface area (Å²) in [5, 5.41) is 12.1. The van der Waals surface area contributed by atoms with Gasteiger partial charge in [-0.3, -0.25) is 4.79 Å². The molecule has 0 bridgehead atoms. The second-order valence-electron chi connectivity index (χ2n) is 5.83. The summed E-state index contributed by atoms with van der Waals surface area (Å²) in [5.41, 5.74) is 1.51. The van der Waals surface area contributed by atoms with Crippen LogP contribution in [-0.4, -0.2) is 26.2 Å². The molecule has 1 N–H and O–H groups in total. The van der Waals surface area contributed by atoms with Gasteiger partial charge in [-0.15, -0.1) is 6.42 Å². The molecule has 0 aliphatic rings. The van der Waals surface area contributed by atoms with E-state index in [4.69, 9.17) is 20.6 Å². The van der Waals surface area contributed by atoms with Crippen LogP contribution in [-0.2, 0) is 11.3 Å². The maximum atomic E-state index is 12.4. The Kier molecular flexibility index (Phi) is 8.16. The number of rotatable bonds is 9. The SMILES string of the molecule is C#CCOc1ccc(/C=C(/C#N)C(=O)NCc2ccc(OC)cc2)cc1OCC. The molecular formula is C23H22N2O4. The van der Waals surface area contributed by atoms with Crippen molar-refractivity contribution in [2.45, 2.75) is 13.5 Å². The van der Waals surface area contributed by atoms with Gasteiger partial charge in [-0.05, 0) is 48.4 Å². The Balaban J connectivity index is 2.12. The fraction of sp³-hybridized carbons (Fsp3) is 0.217. The van der Waals surface area contributed by atoms with Gasteiger partial charge in [0.25, 0.3) is 5.91 Å². The Bertz CT molecular complexity index is 950. The van der Waals surface area contributed by atoms with Gasteiger partial charge in [-0.2, -0.15) is 5.26 Å². The van der Waals surface area contributed by atoms with E-state index in [1.165, 1.54) is 6.08 Å². The quantitative estimate of drug-likeness (QED) is 0.404. The number of hydrogen-bond acceptors (Lipinski definition) is 5. The Labute approximate surface area is 170 Å². The van der Waals surface area contributed by atoms with Crippen LogP contribution < -0.4 is 19.5 Å². The number of methoxy groups -OCH3 is 1. The zero-order valence-corrected chi connectivity index (χ0v) is 16.4. The molecule has 0 heterocycles. The first kappa shape index (κ1) is 21.4. The van der Waals surface area contributed by atoms with Crippen molar-refractivity contribution in [2.24, 2.45) is 0 Å². The van der Waals surface area contributed by atoms with E-state index in [1.54, 1.807) is 25.3 Å². The largest absolute Gasteiger partial charge is 0.497 e. The molecule has 0 saturated heterocycles. The molecule has 0 saturated carbocycles. The second kappa shape index (κ2) is 11.1. The first-order valence-electron chi connectivity index (χ1n) is 8.97. The first-order chi connectivity index (χ1) is 14.1. The molecule has 2 aromatic rings. The van der Waals surface area contributed by atoms with Crippen LogP contribution in [0.25, 0.3) is 6.08 Å². The molecule has 29 heavy (non-hydrogen) atoms. The average Bonchev–Trinajstić information content (AvgIpc) is 2.75. The molecule has 0 atom stereocenters. The van der Waals surface area contributed by atoms with E-state index in [-0.39, 0.29) is 12.2 Å². The molecule has 1 amide bonds. The van der Waals surface area contributed by atoms with Crippen LogP contribution in [0.5, 0.6) is 17.2 Å². The number of amides is 1. The summed E-state index contributed by atoms with van der Waals surface area (Å²) >= 11 is 0. The minimum absolute atomic E-state index is 0.0155. The third kappa shape index (κ3) is 6.34. The normalized spacial score (nSPS) is 10.4. The van der Waals surface area contributed by atoms with E-state index in [1.807, 2.05) is 37.3 Å². The first-order valence-corrected chi connectivity index (χ1v) is 8.97. The number of nitriles is 1. The van der Waals surface area contributed by atoms with E-state index < -0.39 is 5.91 Å². The fourth-order valence-corrected chi connectivity index (χ4v) is 2.46. The highest BCUT2D eigenvalue weighted by atomic mass is 16.5. The second-order valence-corrected chi connectivity index (χ2v) is 5.83. The topological polar surface area (TPSA) is 80.6 Å². The molecule has 2 aromatic carbocycles. The predicted octanol–water partition coefficient (Wildman–Crippen LogP) is 3.33. The maximum Gasteiger partial charge on any atom is 0.262 e. The maximum absolute atomic E-state index is 12.4. The van der Waals surface area contributed by atoms with Crippen LogP contribution in [0.2, 0.25) is 0 Å². The van der Waals surface area contributed by atoms with E-state index >= 15 is 0 Å². The van der Waals surface area contributed by atoms with Gasteiger partial charge in [-0.1, -0.05) is 24.1 Å². The summed E-state index contributed by atoms with van der Waals surface area (Å²) in [6, 6.07) is 14.4. The number of hydrogen-bond donors (Lipinski definition) is 1. The van der Waals surface area contributed by atoms with Crippen molar-refractivity contribution in [3.8, 4) is 35.7 Å². The van der Waals surface area contributed by atoms with Crippen molar-refractivity contribution in [3.05, 3.63) is 59.2 Å². The average molecular weight is 390 g/mol. The van der Waals surface area contributed by atoms with Crippen molar-refractivity contribution >= 4 is 12.0 Å². The molecule has 0 aromatic heterocycles. The monoisotopic (exact) mass is 390 g/mol. The highest BCUT2D eigenvalue weighted by Gasteiger charge is 2.11. The van der Waals surface area contributed by atoms with Crippen molar-refractivity contribution in [1.82, 2.24) is 5.32 Å². The minimum Gasteiger partial charge on any atom is -0.497 e. The molecule has 0 aliphatic heterocycles. The molecule has 0 spiro atoms. The molecule has 2 rings (SSSR count). The fourth-order valence-electron chi connectivity index (χ4n) is 2.46. The standard InChI is InChI=1S/C23H22N2O4/c1-4-12-29-21-11-8-18(14-22(21)28-5-2)13-19(15-24)23(26)25-16-17-6-9-20(27-3)10-7-17/h1,6-11,13-14H,5,12,16H2,2-3H3,(H,25,26)/b19-13-. The molecule has 0 fully saturated rings. The zero-order chi connectivity index (χ0) is 21.1. The van der Waals surface area contributed by atoms with Gasteiger partial charge in [0.1, 0.15) is 24.0 Å².